The van der Waals surface area contributed by atoms with E-state index in [1.165, 1.54) is 6.20 Å². The molecule has 0 spiro atoms. The van der Waals surface area contributed by atoms with E-state index in [9.17, 15) is 18.0 Å². The van der Waals surface area contributed by atoms with Crippen LogP contribution in [-0.2, 0) is 4.74 Å². The van der Waals surface area contributed by atoms with Crippen LogP contribution in [0.2, 0.25) is 0 Å². The van der Waals surface area contributed by atoms with Gasteiger partial charge in [-0.2, -0.15) is 5.10 Å². The lowest BCUT2D eigenvalue weighted by molar-refractivity contribution is 0.0518. The molecule has 0 bridgehead atoms. The predicted octanol–water partition coefficient (Wildman–Crippen LogP) is 4.06. The molecule has 0 aliphatic rings. The third-order valence-corrected chi connectivity index (χ3v) is 4.22. The maximum atomic E-state index is 14.3. The number of nitrogens with zero attached hydrogens (tertiary/aromatic N) is 3. The largest absolute Gasteiger partial charge is 0.461 e. The fraction of sp³-hybridized carbons (Fsp3) is 0.188. The van der Waals surface area contributed by atoms with Gasteiger partial charge in [-0.15, -0.1) is 0 Å². The molecule has 0 unspecified atom stereocenters. The first kappa shape index (κ1) is 17.4. The van der Waals surface area contributed by atoms with Crippen LogP contribution in [-0.4, -0.2) is 27.2 Å². The maximum absolute atomic E-state index is 14.3. The number of hydrogen-bond donors (Lipinski definition) is 0. The molecule has 0 saturated carbocycles. The van der Waals surface area contributed by atoms with Crippen LogP contribution < -0.4 is 0 Å². The van der Waals surface area contributed by atoms with Gasteiger partial charge in [-0.1, -0.05) is 0 Å². The van der Waals surface area contributed by atoms with Gasteiger partial charge in [0.15, 0.2) is 23.0 Å². The Labute approximate surface area is 148 Å². The van der Waals surface area contributed by atoms with Crippen molar-refractivity contribution < 1.29 is 22.7 Å². The van der Waals surface area contributed by atoms with E-state index in [0.717, 1.165) is 10.6 Å². The summed E-state index contributed by atoms with van der Waals surface area (Å²) in [5.41, 5.74) is 0.290. The van der Waals surface area contributed by atoms with Gasteiger partial charge in [0.1, 0.15) is 5.82 Å². The Balaban J connectivity index is 2.35. The lowest BCUT2D eigenvalue weighted by Crippen LogP contribution is -2.07. The first-order valence-corrected chi connectivity index (χ1v) is 8.00. The molecule has 0 radical (unpaired) electrons. The Hall–Kier alpha value is -2.42. The summed E-state index contributed by atoms with van der Waals surface area (Å²) in [6.07, 6.45) is 1.40. The average molecular weight is 414 g/mol. The van der Waals surface area contributed by atoms with Gasteiger partial charge in [0, 0.05) is 17.8 Å². The molecule has 1 aromatic carbocycles. The summed E-state index contributed by atoms with van der Waals surface area (Å²) < 4.78 is 47.8. The molecule has 2 heterocycles. The minimum absolute atomic E-state index is 0.0708. The van der Waals surface area contributed by atoms with Crippen molar-refractivity contribution >= 4 is 27.5 Å². The molecule has 5 nitrogen and oxygen atoms in total. The molecule has 0 saturated heterocycles. The molecule has 3 rings (SSSR count). The molecular weight excluding hydrogens is 403 g/mol. The van der Waals surface area contributed by atoms with Crippen molar-refractivity contribution in [3.05, 3.63) is 51.5 Å². The van der Waals surface area contributed by atoms with Crippen LogP contribution in [0.3, 0.4) is 0 Å². The second-order valence-corrected chi connectivity index (χ2v) is 5.95. The van der Waals surface area contributed by atoms with E-state index < -0.39 is 23.4 Å². The molecule has 3 aromatic rings. The number of esters is 1. The van der Waals surface area contributed by atoms with Crippen LogP contribution in [0, 0.1) is 24.4 Å². The molecule has 0 atom stereocenters. The quantitative estimate of drug-likeness (QED) is 0.479. The summed E-state index contributed by atoms with van der Waals surface area (Å²) in [6.45, 7) is 3.37. The predicted molar refractivity (Wildman–Crippen MR) is 86.7 cm³/mol. The minimum atomic E-state index is -1.32. The second kappa shape index (κ2) is 6.47. The first-order valence-electron chi connectivity index (χ1n) is 7.21. The van der Waals surface area contributed by atoms with E-state index in [0.29, 0.717) is 11.6 Å². The van der Waals surface area contributed by atoms with Crippen LogP contribution in [0.4, 0.5) is 13.2 Å². The second-order valence-electron chi connectivity index (χ2n) is 5.16. The standard InChI is InChI=1S/C16H11BrF3N3O2/c1-3-25-16(24)13-11(17)15-21-6-7(2)14(23(15)22-13)9-4-8(18)5-10(19)12(9)20/h4-6H,3H2,1-2H3. The van der Waals surface area contributed by atoms with Crippen molar-refractivity contribution in [1.82, 2.24) is 14.6 Å². The Morgan fingerprint density at radius 2 is 2.04 bits per heavy atom. The summed E-state index contributed by atoms with van der Waals surface area (Å²) in [5.74, 6) is -4.18. The zero-order valence-electron chi connectivity index (χ0n) is 13.1. The number of fused-ring (bicyclic) bond motifs is 1. The van der Waals surface area contributed by atoms with Gasteiger partial charge in [0.05, 0.1) is 16.8 Å². The van der Waals surface area contributed by atoms with E-state index >= 15 is 0 Å². The number of aryl methyl sites for hydroxylation is 1. The molecule has 9 heteroatoms. The normalized spacial score (nSPS) is 11.1. The van der Waals surface area contributed by atoms with Crippen molar-refractivity contribution in [1.29, 1.82) is 0 Å². The van der Waals surface area contributed by atoms with Gasteiger partial charge in [-0.25, -0.2) is 27.5 Å². The Morgan fingerprint density at radius 3 is 2.72 bits per heavy atom. The van der Waals surface area contributed by atoms with Gasteiger partial charge in [-0.05, 0) is 41.4 Å². The number of benzene rings is 1. The number of carbonyl (C=O) groups excluding carboxylic acids is 1. The van der Waals surface area contributed by atoms with E-state index in [4.69, 9.17) is 4.74 Å². The fourth-order valence-electron chi connectivity index (χ4n) is 2.43. The van der Waals surface area contributed by atoms with Crippen LogP contribution in [0.1, 0.15) is 23.0 Å². The number of aromatic nitrogens is 3. The van der Waals surface area contributed by atoms with Crippen molar-refractivity contribution in [3.8, 4) is 11.3 Å². The molecular formula is C16H11BrF3N3O2. The number of halogens is 4. The van der Waals surface area contributed by atoms with Gasteiger partial charge >= 0.3 is 5.97 Å². The smallest absolute Gasteiger partial charge is 0.360 e. The summed E-state index contributed by atoms with van der Waals surface area (Å²) in [6, 6.07) is 1.31. The molecule has 2 aromatic heterocycles. The number of ether oxygens (including phenoxy) is 1. The van der Waals surface area contributed by atoms with E-state index in [-0.39, 0.29) is 33.7 Å². The summed E-state index contributed by atoms with van der Waals surface area (Å²) in [5, 5.41) is 4.09. The molecule has 130 valence electrons. The Morgan fingerprint density at radius 1 is 1.32 bits per heavy atom. The highest BCUT2D eigenvalue weighted by atomic mass is 79.9. The SMILES string of the molecule is CCOC(=O)c1nn2c(-c3cc(F)cc(F)c3F)c(C)cnc2c1Br. The highest BCUT2D eigenvalue weighted by Gasteiger charge is 2.24. The van der Waals surface area contributed by atoms with Crippen molar-refractivity contribution in [3.63, 3.8) is 0 Å². The van der Waals surface area contributed by atoms with Crippen LogP contribution in [0.25, 0.3) is 16.9 Å². The fourth-order valence-corrected chi connectivity index (χ4v) is 2.94. The van der Waals surface area contributed by atoms with Crippen LogP contribution in [0.15, 0.2) is 22.8 Å². The molecule has 0 aliphatic carbocycles. The van der Waals surface area contributed by atoms with E-state index in [2.05, 4.69) is 26.0 Å². The van der Waals surface area contributed by atoms with Gasteiger partial charge in [-0.3, -0.25) is 0 Å². The molecule has 0 fully saturated rings. The summed E-state index contributed by atoms with van der Waals surface area (Å²) >= 11 is 3.21. The van der Waals surface area contributed by atoms with Crippen molar-refractivity contribution in [2.45, 2.75) is 13.8 Å². The minimum Gasteiger partial charge on any atom is -0.461 e. The highest BCUT2D eigenvalue weighted by molar-refractivity contribution is 9.10. The lowest BCUT2D eigenvalue weighted by atomic mass is 10.1. The zero-order valence-corrected chi connectivity index (χ0v) is 14.7. The molecule has 0 N–H and O–H groups in total. The van der Waals surface area contributed by atoms with Crippen molar-refractivity contribution in [2.24, 2.45) is 0 Å². The van der Waals surface area contributed by atoms with E-state index in [1.807, 2.05) is 0 Å². The Kier molecular flexibility index (Phi) is 4.51. The number of rotatable bonds is 3. The van der Waals surface area contributed by atoms with Gasteiger partial charge in [0.2, 0.25) is 0 Å². The lowest BCUT2D eigenvalue weighted by Gasteiger charge is -2.10. The summed E-state index contributed by atoms with van der Waals surface area (Å²) in [4.78, 5) is 16.1. The third-order valence-electron chi connectivity index (χ3n) is 3.49. The molecule has 25 heavy (non-hydrogen) atoms. The van der Waals surface area contributed by atoms with Gasteiger partial charge in [0.25, 0.3) is 0 Å². The molecule has 0 aliphatic heterocycles. The summed E-state index contributed by atoms with van der Waals surface area (Å²) in [7, 11) is 0. The number of carbonyl (C=O) groups is 1. The number of hydrogen-bond acceptors (Lipinski definition) is 4. The van der Waals surface area contributed by atoms with Gasteiger partial charge < -0.3 is 4.74 Å². The topological polar surface area (TPSA) is 56.5 Å². The average Bonchev–Trinajstić information content (AvgIpc) is 2.88. The highest BCUT2D eigenvalue weighted by Crippen LogP contribution is 2.31. The first-order chi connectivity index (χ1) is 11.8. The van der Waals surface area contributed by atoms with Crippen molar-refractivity contribution in [2.75, 3.05) is 6.61 Å². The Bertz CT molecular complexity index is 1000. The van der Waals surface area contributed by atoms with E-state index in [1.54, 1.807) is 13.8 Å². The van der Waals surface area contributed by atoms with Crippen LogP contribution >= 0.6 is 15.9 Å². The monoisotopic (exact) mass is 413 g/mol. The third kappa shape index (κ3) is 2.88. The van der Waals surface area contributed by atoms with Crippen LogP contribution in [0.5, 0.6) is 0 Å². The zero-order chi connectivity index (χ0) is 18.3. The maximum Gasteiger partial charge on any atom is 0.360 e. The molecule has 0 amide bonds.